The van der Waals surface area contributed by atoms with Crippen LogP contribution in [0.4, 0.5) is 0 Å². The van der Waals surface area contributed by atoms with Gasteiger partial charge in [0.15, 0.2) is 0 Å². The van der Waals surface area contributed by atoms with E-state index in [0.717, 1.165) is 30.5 Å². The minimum absolute atomic E-state index is 0.723. The Morgan fingerprint density at radius 2 is 1.64 bits per heavy atom. The highest BCUT2D eigenvalue weighted by molar-refractivity contribution is 5.49. The van der Waals surface area contributed by atoms with Crippen molar-refractivity contribution in [2.45, 2.75) is 57.8 Å². The molecule has 2 aliphatic rings. The zero-order valence-electron chi connectivity index (χ0n) is 9.08. The van der Waals surface area contributed by atoms with E-state index in [1.54, 1.807) is 0 Å². The van der Waals surface area contributed by atoms with Crippen LogP contribution >= 0.6 is 0 Å². The first-order valence-corrected chi connectivity index (χ1v) is 6.34. The molecule has 0 aliphatic heterocycles. The normalized spacial score (nSPS) is 38.4. The molecule has 0 aromatic carbocycles. The van der Waals surface area contributed by atoms with Gasteiger partial charge < -0.3 is 4.79 Å². The fourth-order valence-electron chi connectivity index (χ4n) is 3.54. The summed E-state index contributed by atoms with van der Waals surface area (Å²) in [6.07, 6.45) is 13.2. The molecule has 0 bridgehead atoms. The highest BCUT2D eigenvalue weighted by Gasteiger charge is 2.29. The Morgan fingerprint density at radius 3 is 2.43 bits per heavy atom. The van der Waals surface area contributed by atoms with Crippen molar-refractivity contribution in [2.24, 2.45) is 17.8 Å². The third-order valence-electron chi connectivity index (χ3n) is 4.32. The number of carbonyl (C=O) groups is 1. The van der Waals surface area contributed by atoms with Gasteiger partial charge in [-0.1, -0.05) is 44.9 Å². The van der Waals surface area contributed by atoms with Crippen LogP contribution in [0.1, 0.15) is 57.8 Å². The van der Waals surface area contributed by atoms with Crippen LogP contribution in [0.3, 0.4) is 0 Å². The van der Waals surface area contributed by atoms with Crippen LogP contribution in [-0.4, -0.2) is 6.29 Å². The molecule has 0 aromatic rings. The second-order valence-corrected chi connectivity index (χ2v) is 5.24. The predicted octanol–water partition coefficient (Wildman–Crippen LogP) is 3.57. The topological polar surface area (TPSA) is 17.1 Å². The quantitative estimate of drug-likeness (QED) is 0.614. The van der Waals surface area contributed by atoms with Gasteiger partial charge in [0.1, 0.15) is 6.29 Å². The molecular weight excluding hydrogens is 172 g/mol. The number of rotatable bonds is 2. The first kappa shape index (κ1) is 10.2. The number of fused-ring (bicyclic) bond motifs is 1. The Morgan fingerprint density at radius 1 is 0.929 bits per heavy atom. The number of aldehydes is 1. The summed E-state index contributed by atoms with van der Waals surface area (Å²) in [7, 11) is 0. The highest BCUT2D eigenvalue weighted by Crippen LogP contribution is 2.41. The predicted molar refractivity (Wildman–Crippen MR) is 58.1 cm³/mol. The standard InChI is InChI=1S/C13H22O/c14-9-8-11-4-3-7-12-5-1-2-6-13(12)10-11/h9,11-13H,1-8,10H2. The van der Waals surface area contributed by atoms with Crippen molar-refractivity contribution in [3.05, 3.63) is 0 Å². The molecule has 0 aromatic heterocycles. The Kier molecular flexibility index (Phi) is 3.61. The molecule has 0 spiro atoms. The Labute approximate surface area is 87.3 Å². The van der Waals surface area contributed by atoms with E-state index in [-0.39, 0.29) is 0 Å². The summed E-state index contributed by atoms with van der Waals surface area (Å²) < 4.78 is 0. The van der Waals surface area contributed by atoms with Crippen LogP contribution in [-0.2, 0) is 4.79 Å². The summed E-state index contributed by atoms with van der Waals surface area (Å²) in [5.41, 5.74) is 0. The molecule has 3 atom stereocenters. The van der Waals surface area contributed by atoms with Crippen molar-refractivity contribution in [1.29, 1.82) is 0 Å². The van der Waals surface area contributed by atoms with Crippen molar-refractivity contribution in [2.75, 3.05) is 0 Å². The van der Waals surface area contributed by atoms with Gasteiger partial charge >= 0.3 is 0 Å². The van der Waals surface area contributed by atoms with Crippen molar-refractivity contribution >= 4 is 6.29 Å². The molecule has 80 valence electrons. The summed E-state index contributed by atoms with van der Waals surface area (Å²) in [5, 5.41) is 0. The van der Waals surface area contributed by atoms with Gasteiger partial charge in [0.2, 0.25) is 0 Å². The second kappa shape index (κ2) is 4.95. The van der Waals surface area contributed by atoms with Crippen LogP contribution in [0.2, 0.25) is 0 Å². The van der Waals surface area contributed by atoms with Crippen molar-refractivity contribution in [3.63, 3.8) is 0 Å². The first-order chi connectivity index (χ1) is 6.90. The lowest BCUT2D eigenvalue weighted by Gasteiger charge is -2.30. The molecule has 14 heavy (non-hydrogen) atoms. The average molecular weight is 194 g/mol. The van der Waals surface area contributed by atoms with Gasteiger partial charge in [-0.15, -0.1) is 0 Å². The van der Waals surface area contributed by atoms with Crippen LogP contribution in [0.15, 0.2) is 0 Å². The molecular formula is C13H22O. The van der Waals surface area contributed by atoms with Gasteiger partial charge in [-0.3, -0.25) is 0 Å². The van der Waals surface area contributed by atoms with Gasteiger partial charge in [-0.2, -0.15) is 0 Å². The summed E-state index contributed by atoms with van der Waals surface area (Å²) in [6, 6.07) is 0. The van der Waals surface area contributed by atoms with Crippen molar-refractivity contribution in [3.8, 4) is 0 Å². The van der Waals surface area contributed by atoms with Gasteiger partial charge in [0.25, 0.3) is 0 Å². The molecule has 2 aliphatic carbocycles. The molecule has 1 nitrogen and oxygen atoms in total. The minimum atomic E-state index is 0.723. The maximum absolute atomic E-state index is 10.5. The molecule has 0 radical (unpaired) electrons. The fourth-order valence-corrected chi connectivity index (χ4v) is 3.54. The summed E-state index contributed by atoms with van der Waals surface area (Å²) in [4.78, 5) is 10.5. The molecule has 3 unspecified atom stereocenters. The van der Waals surface area contributed by atoms with E-state index in [1.807, 2.05) is 0 Å². The number of hydrogen-bond acceptors (Lipinski definition) is 1. The van der Waals surface area contributed by atoms with E-state index in [9.17, 15) is 4.79 Å². The Bertz CT molecular complexity index is 188. The SMILES string of the molecule is O=CCC1CCCC2CCCCC2C1. The molecule has 1 heteroatoms. The smallest absolute Gasteiger partial charge is 0.120 e. The van der Waals surface area contributed by atoms with E-state index in [1.165, 1.54) is 51.4 Å². The van der Waals surface area contributed by atoms with E-state index < -0.39 is 0 Å². The molecule has 0 amide bonds. The van der Waals surface area contributed by atoms with E-state index >= 15 is 0 Å². The van der Waals surface area contributed by atoms with Crippen LogP contribution in [0, 0.1) is 17.8 Å². The minimum Gasteiger partial charge on any atom is -0.303 e. The third kappa shape index (κ3) is 2.37. The van der Waals surface area contributed by atoms with E-state index in [0.29, 0.717) is 0 Å². The lowest BCUT2D eigenvalue weighted by atomic mass is 9.75. The maximum atomic E-state index is 10.5. The first-order valence-electron chi connectivity index (χ1n) is 6.34. The van der Waals surface area contributed by atoms with Gasteiger partial charge in [-0.25, -0.2) is 0 Å². The van der Waals surface area contributed by atoms with Crippen LogP contribution in [0.5, 0.6) is 0 Å². The zero-order valence-corrected chi connectivity index (χ0v) is 9.08. The van der Waals surface area contributed by atoms with Crippen molar-refractivity contribution in [1.82, 2.24) is 0 Å². The lowest BCUT2D eigenvalue weighted by molar-refractivity contribution is -0.108. The molecule has 2 rings (SSSR count). The highest BCUT2D eigenvalue weighted by atomic mass is 16.1. The summed E-state index contributed by atoms with van der Waals surface area (Å²) in [5.74, 6) is 2.71. The van der Waals surface area contributed by atoms with Gasteiger partial charge in [-0.05, 0) is 24.2 Å². The average Bonchev–Trinajstić information content (AvgIpc) is 2.40. The third-order valence-corrected chi connectivity index (χ3v) is 4.32. The molecule has 2 fully saturated rings. The maximum Gasteiger partial charge on any atom is 0.120 e. The van der Waals surface area contributed by atoms with Crippen LogP contribution in [0.25, 0.3) is 0 Å². The largest absolute Gasteiger partial charge is 0.303 e. The van der Waals surface area contributed by atoms with Crippen molar-refractivity contribution < 1.29 is 4.79 Å². The van der Waals surface area contributed by atoms with Gasteiger partial charge in [0, 0.05) is 6.42 Å². The Balaban J connectivity index is 1.92. The summed E-state index contributed by atoms with van der Waals surface area (Å²) >= 11 is 0. The fraction of sp³-hybridized carbons (Fsp3) is 0.923. The van der Waals surface area contributed by atoms with Crippen LogP contribution < -0.4 is 0 Å². The van der Waals surface area contributed by atoms with E-state index in [4.69, 9.17) is 0 Å². The van der Waals surface area contributed by atoms with E-state index in [2.05, 4.69) is 0 Å². The molecule has 0 saturated heterocycles. The molecule has 2 saturated carbocycles. The molecule has 0 N–H and O–H groups in total. The Hall–Kier alpha value is -0.330. The number of hydrogen-bond donors (Lipinski definition) is 0. The number of carbonyl (C=O) groups excluding carboxylic acids is 1. The molecule has 0 heterocycles. The monoisotopic (exact) mass is 194 g/mol. The lowest BCUT2D eigenvalue weighted by Crippen LogP contribution is -2.19. The summed E-state index contributed by atoms with van der Waals surface area (Å²) in [6.45, 7) is 0. The van der Waals surface area contributed by atoms with Gasteiger partial charge in [0.05, 0.1) is 0 Å². The second-order valence-electron chi connectivity index (χ2n) is 5.24. The zero-order chi connectivity index (χ0) is 9.80.